The molecule has 0 radical (unpaired) electrons. The number of hydrogen-bond donors (Lipinski definition) is 2. The molecule has 0 aliphatic carbocycles. The molecular weight excluding hydrogens is 575 g/mol. The number of likely N-dealkylation sites (N-methyl/N-ethyl adjacent to an activating group) is 1. The Labute approximate surface area is 226 Å². The van der Waals surface area contributed by atoms with Crippen molar-refractivity contribution in [3.63, 3.8) is 0 Å². The van der Waals surface area contributed by atoms with Crippen molar-refractivity contribution in [2.75, 3.05) is 18.9 Å². The molecule has 38 heavy (non-hydrogen) atoms. The molecule has 0 aliphatic rings. The van der Waals surface area contributed by atoms with Crippen LogP contribution in [0.5, 0.6) is 5.75 Å². The van der Waals surface area contributed by atoms with Crippen molar-refractivity contribution < 1.29 is 40.1 Å². The number of nitrogens with one attached hydrogen (secondary N) is 1. The fraction of sp³-hybridized carbons (Fsp3) is 0.208. The second-order valence-electron chi connectivity index (χ2n) is 7.84. The second-order valence-corrected chi connectivity index (χ2v) is 10.1. The fourth-order valence-corrected chi connectivity index (χ4v) is 3.78. The SMILES string of the molecule is CN(CCc1ccc(OC(F)(F)F)cc1)C(=O)Nc1cc(Cl)c(F)c(Cl)c1.Cc1ccc(S(=O)(=O)O)cc1. The number of urea groups is 1. The van der Waals surface area contributed by atoms with Gasteiger partial charge in [-0.2, -0.15) is 8.42 Å². The third-order valence-corrected chi connectivity index (χ3v) is 6.21. The van der Waals surface area contributed by atoms with Gasteiger partial charge in [0.1, 0.15) is 5.75 Å². The summed E-state index contributed by atoms with van der Waals surface area (Å²) in [4.78, 5) is 13.4. The number of carbonyl (C=O) groups is 1. The molecule has 0 atom stereocenters. The summed E-state index contributed by atoms with van der Waals surface area (Å²) < 4.78 is 83.1. The largest absolute Gasteiger partial charge is 0.573 e. The van der Waals surface area contributed by atoms with Gasteiger partial charge in [-0.05, 0) is 55.3 Å². The van der Waals surface area contributed by atoms with Crippen LogP contribution in [0, 0.1) is 12.7 Å². The van der Waals surface area contributed by atoms with Crippen molar-refractivity contribution in [3.8, 4) is 5.75 Å². The van der Waals surface area contributed by atoms with Gasteiger partial charge in [0.25, 0.3) is 10.1 Å². The summed E-state index contributed by atoms with van der Waals surface area (Å²) in [6.07, 6.45) is -4.34. The molecule has 0 spiro atoms. The maximum Gasteiger partial charge on any atom is 0.573 e. The zero-order valence-electron chi connectivity index (χ0n) is 19.9. The van der Waals surface area contributed by atoms with Crippen molar-refractivity contribution >= 4 is 45.0 Å². The number of ether oxygens (including phenoxy) is 1. The number of anilines is 1. The number of aryl methyl sites for hydroxylation is 1. The van der Waals surface area contributed by atoms with Gasteiger partial charge in [-0.25, -0.2) is 9.18 Å². The number of nitrogens with zero attached hydrogens (tertiary/aromatic N) is 1. The summed E-state index contributed by atoms with van der Waals surface area (Å²) in [6, 6.07) is 13.3. The maximum atomic E-state index is 13.4. The summed E-state index contributed by atoms with van der Waals surface area (Å²) in [5.74, 6) is -1.09. The number of benzene rings is 3. The molecule has 3 rings (SSSR count). The highest BCUT2D eigenvalue weighted by atomic mass is 35.5. The third-order valence-electron chi connectivity index (χ3n) is 4.79. The number of amides is 2. The van der Waals surface area contributed by atoms with Crippen LogP contribution in [0.1, 0.15) is 11.1 Å². The highest BCUT2D eigenvalue weighted by Crippen LogP contribution is 2.27. The Balaban J connectivity index is 0.000000384. The molecule has 0 bridgehead atoms. The van der Waals surface area contributed by atoms with Gasteiger partial charge in [-0.15, -0.1) is 13.2 Å². The van der Waals surface area contributed by atoms with Crippen molar-refractivity contribution in [3.05, 3.63) is 87.7 Å². The van der Waals surface area contributed by atoms with Gasteiger partial charge in [0, 0.05) is 19.3 Å². The van der Waals surface area contributed by atoms with Gasteiger partial charge in [-0.1, -0.05) is 53.0 Å². The van der Waals surface area contributed by atoms with E-state index in [0.717, 1.165) is 11.1 Å². The van der Waals surface area contributed by atoms with Crippen molar-refractivity contribution in [1.29, 1.82) is 0 Å². The van der Waals surface area contributed by atoms with Gasteiger partial charge in [0.15, 0.2) is 5.82 Å². The first-order chi connectivity index (χ1) is 17.5. The normalized spacial score (nSPS) is 11.3. The Hall–Kier alpha value is -3.06. The third kappa shape index (κ3) is 10.4. The van der Waals surface area contributed by atoms with E-state index in [2.05, 4.69) is 10.1 Å². The quantitative estimate of drug-likeness (QED) is 0.182. The first-order valence-electron chi connectivity index (χ1n) is 10.6. The first kappa shape index (κ1) is 31.2. The molecule has 2 amide bonds. The molecule has 0 unspecified atom stereocenters. The lowest BCUT2D eigenvalue weighted by molar-refractivity contribution is -0.274. The van der Waals surface area contributed by atoms with E-state index < -0.39 is 28.3 Å². The smallest absolute Gasteiger partial charge is 0.406 e. The molecule has 0 saturated carbocycles. The van der Waals surface area contributed by atoms with Gasteiger partial charge < -0.3 is 15.0 Å². The Bertz CT molecular complexity index is 1330. The van der Waals surface area contributed by atoms with E-state index in [1.54, 1.807) is 12.1 Å². The summed E-state index contributed by atoms with van der Waals surface area (Å²) in [6.45, 7) is 2.13. The molecule has 3 aromatic carbocycles. The van der Waals surface area contributed by atoms with Crippen LogP contribution >= 0.6 is 23.2 Å². The van der Waals surface area contributed by atoms with E-state index in [4.69, 9.17) is 27.8 Å². The van der Waals surface area contributed by atoms with E-state index in [1.807, 2.05) is 6.92 Å². The van der Waals surface area contributed by atoms with Gasteiger partial charge in [0.2, 0.25) is 0 Å². The number of hydrogen-bond acceptors (Lipinski definition) is 4. The standard InChI is InChI=1S/C17H14Cl2F4N2O2.C7H8O3S/c1-25(16(26)24-11-8-13(18)15(20)14(19)9-11)7-6-10-2-4-12(5-3-10)27-17(21,22)23;1-6-2-4-7(5-3-6)11(8,9)10/h2-5,8-9H,6-7H2,1H3,(H,24,26);2-5H,1H3,(H,8,9,10). The van der Waals surface area contributed by atoms with Gasteiger partial charge in [0.05, 0.1) is 14.9 Å². The van der Waals surface area contributed by atoms with Crippen LogP contribution in [-0.4, -0.2) is 43.9 Å². The van der Waals surface area contributed by atoms with E-state index in [1.165, 1.54) is 60.5 Å². The van der Waals surface area contributed by atoms with Gasteiger partial charge >= 0.3 is 12.4 Å². The number of rotatable bonds is 6. The van der Waals surface area contributed by atoms with Crippen molar-refractivity contribution in [2.24, 2.45) is 0 Å². The molecular formula is C24H22Cl2F4N2O5S. The summed E-state index contributed by atoms with van der Waals surface area (Å²) in [5.41, 5.74) is 1.91. The summed E-state index contributed by atoms with van der Waals surface area (Å²) >= 11 is 11.3. The summed E-state index contributed by atoms with van der Waals surface area (Å²) in [7, 11) is -2.49. The highest BCUT2D eigenvalue weighted by molar-refractivity contribution is 7.85. The number of alkyl halides is 3. The van der Waals surface area contributed by atoms with Crippen LogP contribution < -0.4 is 10.1 Å². The zero-order chi connectivity index (χ0) is 28.7. The van der Waals surface area contributed by atoms with Gasteiger partial charge in [-0.3, -0.25) is 4.55 Å². The molecule has 0 saturated heterocycles. The van der Waals surface area contributed by atoms with Crippen LogP contribution in [0.25, 0.3) is 0 Å². The molecule has 7 nitrogen and oxygen atoms in total. The lowest BCUT2D eigenvalue weighted by Gasteiger charge is -2.18. The average Bonchev–Trinajstić information content (AvgIpc) is 2.81. The van der Waals surface area contributed by atoms with E-state index in [-0.39, 0.29) is 32.9 Å². The molecule has 3 aromatic rings. The molecule has 0 aromatic heterocycles. The van der Waals surface area contributed by atoms with E-state index in [9.17, 15) is 30.8 Å². The van der Waals surface area contributed by atoms with Crippen LogP contribution in [0.15, 0.2) is 65.6 Å². The molecule has 0 aliphatic heterocycles. The Morgan fingerprint density at radius 1 is 1.03 bits per heavy atom. The van der Waals surface area contributed by atoms with Crippen molar-refractivity contribution in [2.45, 2.75) is 24.6 Å². The predicted molar refractivity (Wildman–Crippen MR) is 136 cm³/mol. The van der Waals surface area contributed by atoms with E-state index >= 15 is 0 Å². The number of halogens is 6. The van der Waals surface area contributed by atoms with Crippen LogP contribution in [0.2, 0.25) is 10.0 Å². The van der Waals surface area contributed by atoms with Crippen LogP contribution in [-0.2, 0) is 16.5 Å². The number of carbonyl (C=O) groups excluding carboxylic acids is 1. The molecule has 0 heterocycles. The molecule has 0 fully saturated rings. The maximum absolute atomic E-state index is 13.4. The lowest BCUT2D eigenvalue weighted by atomic mass is 10.1. The summed E-state index contributed by atoms with van der Waals surface area (Å²) in [5, 5.41) is 2.09. The van der Waals surface area contributed by atoms with E-state index in [0.29, 0.717) is 6.42 Å². The minimum absolute atomic E-state index is 0.0666. The Morgan fingerprint density at radius 3 is 2.03 bits per heavy atom. The Morgan fingerprint density at radius 2 is 1.55 bits per heavy atom. The molecule has 14 heteroatoms. The minimum atomic E-state index is -4.74. The Kier molecular flexibility index (Phi) is 10.8. The monoisotopic (exact) mass is 596 g/mol. The van der Waals surface area contributed by atoms with Crippen molar-refractivity contribution in [1.82, 2.24) is 4.90 Å². The molecule has 206 valence electrons. The second kappa shape index (κ2) is 13.1. The lowest BCUT2D eigenvalue weighted by Crippen LogP contribution is -2.33. The van der Waals surface area contributed by atoms with Crippen LogP contribution in [0.3, 0.4) is 0 Å². The molecule has 2 N–H and O–H groups in total. The average molecular weight is 597 g/mol. The fourth-order valence-electron chi connectivity index (χ4n) is 2.81. The predicted octanol–water partition coefficient (Wildman–Crippen LogP) is 6.98. The first-order valence-corrected chi connectivity index (χ1v) is 12.8. The van der Waals surface area contributed by atoms with Crippen LogP contribution in [0.4, 0.5) is 28.0 Å². The topological polar surface area (TPSA) is 95.9 Å². The minimum Gasteiger partial charge on any atom is -0.406 e. The highest BCUT2D eigenvalue weighted by Gasteiger charge is 2.30. The zero-order valence-corrected chi connectivity index (χ0v) is 22.2.